The molecule has 0 spiro atoms. The molecule has 0 radical (unpaired) electrons. The van der Waals surface area contributed by atoms with Gasteiger partial charge < -0.3 is 15.7 Å². The standard InChI is InChI=1S/C13H22N4O/c1-9-11(14-3)15-10(2)16-12(9)17-13(8-18)6-4-5-7-13/h18H,4-8H2,1-3H3,(H2,14,15,16,17). The van der Waals surface area contributed by atoms with E-state index in [2.05, 4.69) is 20.6 Å². The second kappa shape index (κ2) is 5.10. The molecular formula is C13H22N4O. The molecule has 100 valence electrons. The summed E-state index contributed by atoms with van der Waals surface area (Å²) in [4.78, 5) is 8.81. The SMILES string of the molecule is CNc1nc(C)nc(NC2(CO)CCCC2)c1C. The quantitative estimate of drug-likeness (QED) is 0.761. The first-order valence-electron chi connectivity index (χ1n) is 6.52. The van der Waals surface area contributed by atoms with Gasteiger partial charge in [-0.25, -0.2) is 9.97 Å². The van der Waals surface area contributed by atoms with Crippen LogP contribution in [0.4, 0.5) is 11.6 Å². The van der Waals surface area contributed by atoms with Gasteiger partial charge in [0, 0.05) is 12.6 Å². The second-order valence-electron chi connectivity index (χ2n) is 5.11. The van der Waals surface area contributed by atoms with Gasteiger partial charge in [-0.1, -0.05) is 12.8 Å². The summed E-state index contributed by atoms with van der Waals surface area (Å²) < 4.78 is 0. The van der Waals surface area contributed by atoms with Crippen LogP contribution in [0.2, 0.25) is 0 Å². The van der Waals surface area contributed by atoms with Crippen molar-refractivity contribution in [3.8, 4) is 0 Å². The Morgan fingerprint density at radius 1 is 1.17 bits per heavy atom. The van der Waals surface area contributed by atoms with E-state index in [4.69, 9.17) is 0 Å². The van der Waals surface area contributed by atoms with E-state index in [1.165, 1.54) is 0 Å². The summed E-state index contributed by atoms with van der Waals surface area (Å²) in [5.41, 5.74) is 0.805. The molecule has 0 atom stereocenters. The molecule has 0 saturated heterocycles. The highest BCUT2D eigenvalue weighted by atomic mass is 16.3. The molecule has 5 nitrogen and oxygen atoms in total. The maximum atomic E-state index is 9.64. The third-order valence-corrected chi connectivity index (χ3v) is 3.74. The van der Waals surface area contributed by atoms with Crippen molar-refractivity contribution in [1.29, 1.82) is 0 Å². The Bertz CT molecular complexity index is 427. The number of hydrogen-bond acceptors (Lipinski definition) is 5. The molecule has 1 aromatic rings. The number of aliphatic hydroxyl groups is 1. The van der Waals surface area contributed by atoms with Crippen molar-refractivity contribution in [2.75, 3.05) is 24.3 Å². The number of hydrogen-bond donors (Lipinski definition) is 3. The summed E-state index contributed by atoms with van der Waals surface area (Å²) in [6, 6.07) is 0. The normalized spacial score (nSPS) is 17.8. The molecule has 1 saturated carbocycles. The summed E-state index contributed by atoms with van der Waals surface area (Å²) in [7, 11) is 1.86. The minimum absolute atomic E-state index is 0.157. The van der Waals surface area contributed by atoms with Crippen LogP contribution in [0.15, 0.2) is 0 Å². The van der Waals surface area contributed by atoms with Crippen LogP contribution in [0.1, 0.15) is 37.1 Å². The van der Waals surface area contributed by atoms with Gasteiger partial charge in [0.15, 0.2) is 0 Å². The van der Waals surface area contributed by atoms with E-state index in [-0.39, 0.29) is 12.1 Å². The minimum Gasteiger partial charge on any atom is -0.394 e. The van der Waals surface area contributed by atoms with Gasteiger partial charge in [-0.2, -0.15) is 0 Å². The number of nitrogens with one attached hydrogen (secondary N) is 2. The monoisotopic (exact) mass is 250 g/mol. The maximum absolute atomic E-state index is 9.64. The van der Waals surface area contributed by atoms with Crippen LogP contribution in [0.25, 0.3) is 0 Å². The zero-order valence-electron chi connectivity index (χ0n) is 11.4. The summed E-state index contributed by atoms with van der Waals surface area (Å²) in [5, 5.41) is 16.2. The minimum atomic E-state index is -0.198. The smallest absolute Gasteiger partial charge is 0.135 e. The molecule has 5 heteroatoms. The Balaban J connectivity index is 2.30. The molecule has 1 aromatic heterocycles. The van der Waals surface area contributed by atoms with Crippen molar-refractivity contribution in [3.05, 3.63) is 11.4 Å². The molecule has 1 aliphatic carbocycles. The van der Waals surface area contributed by atoms with E-state index < -0.39 is 0 Å². The van der Waals surface area contributed by atoms with Crippen molar-refractivity contribution in [3.63, 3.8) is 0 Å². The number of aryl methyl sites for hydroxylation is 1. The van der Waals surface area contributed by atoms with E-state index in [1.807, 2.05) is 20.9 Å². The van der Waals surface area contributed by atoms with E-state index in [0.717, 1.165) is 48.7 Å². The predicted molar refractivity (Wildman–Crippen MR) is 73.0 cm³/mol. The van der Waals surface area contributed by atoms with Crippen molar-refractivity contribution in [1.82, 2.24) is 9.97 Å². The topological polar surface area (TPSA) is 70.1 Å². The molecule has 0 aliphatic heterocycles. The largest absolute Gasteiger partial charge is 0.394 e. The van der Waals surface area contributed by atoms with Crippen LogP contribution < -0.4 is 10.6 Å². The van der Waals surface area contributed by atoms with Gasteiger partial charge in [-0.15, -0.1) is 0 Å². The van der Waals surface area contributed by atoms with Crippen molar-refractivity contribution in [2.24, 2.45) is 0 Å². The van der Waals surface area contributed by atoms with Crippen LogP contribution in [-0.4, -0.2) is 34.3 Å². The number of aromatic nitrogens is 2. The van der Waals surface area contributed by atoms with Crippen LogP contribution in [0.5, 0.6) is 0 Å². The number of anilines is 2. The van der Waals surface area contributed by atoms with Gasteiger partial charge >= 0.3 is 0 Å². The molecule has 2 rings (SSSR count). The Morgan fingerprint density at radius 2 is 1.78 bits per heavy atom. The number of nitrogens with zero attached hydrogens (tertiary/aromatic N) is 2. The summed E-state index contributed by atoms with van der Waals surface area (Å²) >= 11 is 0. The molecule has 0 amide bonds. The van der Waals surface area contributed by atoms with E-state index in [1.54, 1.807) is 0 Å². The Labute approximate surface area is 108 Å². The third kappa shape index (κ3) is 2.41. The lowest BCUT2D eigenvalue weighted by Gasteiger charge is -2.29. The van der Waals surface area contributed by atoms with Crippen molar-refractivity contribution in [2.45, 2.75) is 45.1 Å². The van der Waals surface area contributed by atoms with Crippen LogP contribution >= 0.6 is 0 Å². The van der Waals surface area contributed by atoms with Crippen molar-refractivity contribution >= 4 is 11.6 Å². The Kier molecular flexibility index (Phi) is 3.71. The average molecular weight is 250 g/mol. The summed E-state index contributed by atoms with van der Waals surface area (Å²) in [6.45, 7) is 4.03. The fraction of sp³-hybridized carbons (Fsp3) is 0.692. The van der Waals surface area contributed by atoms with Gasteiger partial charge in [0.1, 0.15) is 17.5 Å². The number of aliphatic hydroxyl groups excluding tert-OH is 1. The molecule has 0 aromatic carbocycles. The molecule has 1 heterocycles. The maximum Gasteiger partial charge on any atom is 0.135 e. The fourth-order valence-corrected chi connectivity index (χ4v) is 2.62. The highest BCUT2D eigenvalue weighted by molar-refractivity contribution is 5.58. The molecular weight excluding hydrogens is 228 g/mol. The Morgan fingerprint density at radius 3 is 2.33 bits per heavy atom. The zero-order chi connectivity index (χ0) is 13.2. The highest BCUT2D eigenvalue weighted by Crippen LogP contribution is 2.33. The van der Waals surface area contributed by atoms with Gasteiger partial charge in [-0.05, 0) is 26.7 Å². The zero-order valence-corrected chi connectivity index (χ0v) is 11.4. The Hall–Kier alpha value is -1.36. The molecule has 1 fully saturated rings. The molecule has 3 N–H and O–H groups in total. The first-order valence-corrected chi connectivity index (χ1v) is 6.52. The van der Waals surface area contributed by atoms with Crippen LogP contribution in [-0.2, 0) is 0 Å². The molecule has 18 heavy (non-hydrogen) atoms. The number of rotatable bonds is 4. The average Bonchev–Trinajstić information content (AvgIpc) is 2.82. The molecule has 0 unspecified atom stereocenters. The summed E-state index contributed by atoms with van der Waals surface area (Å²) in [5.74, 6) is 2.41. The first kappa shape index (κ1) is 13.1. The van der Waals surface area contributed by atoms with Gasteiger partial charge in [0.25, 0.3) is 0 Å². The van der Waals surface area contributed by atoms with Gasteiger partial charge in [0.05, 0.1) is 12.1 Å². The summed E-state index contributed by atoms with van der Waals surface area (Å²) in [6.07, 6.45) is 4.33. The molecule has 1 aliphatic rings. The van der Waals surface area contributed by atoms with Gasteiger partial charge in [-0.3, -0.25) is 0 Å². The lowest BCUT2D eigenvalue weighted by atomic mass is 9.98. The molecule has 0 bridgehead atoms. The van der Waals surface area contributed by atoms with E-state index >= 15 is 0 Å². The van der Waals surface area contributed by atoms with Crippen LogP contribution in [0.3, 0.4) is 0 Å². The van der Waals surface area contributed by atoms with Gasteiger partial charge in [0.2, 0.25) is 0 Å². The predicted octanol–water partition coefficient (Wildman–Crippen LogP) is 1.85. The third-order valence-electron chi connectivity index (χ3n) is 3.74. The fourth-order valence-electron chi connectivity index (χ4n) is 2.62. The van der Waals surface area contributed by atoms with Crippen LogP contribution in [0, 0.1) is 13.8 Å². The van der Waals surface area contributed by atoms with Crippen molar-refractivity contribution < 1.29 is 5.11 Å². The second-order valence-corrected chi connectivity index (χ2v) is 5.11. The highest BCUT2D eigenvalue weighted by Gasteiger charge is 2.34. The lowest BCUT2D eigenvalue weighted by molar-refractivity contribution is 0.213. The lowest BCUT2D eigenvalue weighted by Crippen LogP contribution is -2.39. The first-order chi connectivity index (χ1) is 8.60. The van der Waals surface area contributed by atoms with E-state index in [0.29, 0.717) is 0 Å². The van der Waals surface area contributed by atoms with E-state index in [9.17, 15) is 5.11 Å².